The van der Waals surface area contributed by atoms with Crippen LogP contribution in [0.5, 0.6) is 0 Å². The summed E-state index contributed by atoms with van der Waals surface area (Å²) in [4.78, 5) is 9.65. The van der Waals surface area contributed by atoms with Gasteiger partial charge in [-0.25, -0.2) is 0 Å². The Labute approximate surface area is 186 Å². The van der Waals surface area contributed by atoms with E-state index >= 15 is 0 Å². The highest BCUT2D eigenvalue weighted by Crippen LogP contribution is 2.15. The summed E-state index contributed by atoms with van der Waals surface area (Å²) in [6, 6.07) is 10.7. The molecular weight excluding hydrogens is 467 g/mol. The normalized spacial score (nSPS) is 18.7. The molecule has 2 fully saturated rings. The summed E-state index contributed by atoms with van der Waals surface area (Å²) in [5, 5.41) is 3.45. The largest absolute Gasteiger partial charge is 0.381 e. The molecule has 0 bridgehead atoms. The van der Waals surface area contributed by atoms with Crippen molar-refractivity contribution in [1.82, 2.24) is 10.2 Å². The van der Waals surface area contributed by atoms with Gasteiger partial charge in [-0.15, -0.1) is 24.0 Å². The highest BCUT2D eigenvalue weighted by molar-refractivity contribution is 14.0. The Morgan fingerprint density at radius 1 is 1.14 bits per heavy atom. The average molecular weight is 502 g/mol. The van der Waals surface area contributed by atoms with Gasteiger partial charge < -0.3 is 24.6 Å². The molecule has 0 aromatic heterocycles. The Morgan fingerprint density at radius 3 is 2.54 bits per heavy atom. The van der Waals surface area contributed by atoms with Gasteiger partial charge in [-0.3, -0.25) is 4.99 Å². The predicted octanol–water partition coefficient (Wildman–Crippen LogP) is 2.98. The second kappa shape index (κ2) is 13.2. The Morgan fingerprint density at radius 2 is 1.86 bits per heavy atom. The zero-order chi connectivity index (χ0) is 18.7. The predicted molar refractivity (Wildman–Crippen MR) is 126 cm³/mol. The number of rotatable bonds is 7. The molecule has 2 aliphatic rings. The van der Waals surface area contributed by atoms with Crippen LogP contribution in [0.15, 0.2) is 35.3 Å². The minimum absolute atomic E-state index is 0. The molecule has 158 valence electrons. The molecule has 0 unspecified atom stereocenters. The van der Waals surface area contributed by atoms with E-state index in [-0.39, 0.29) is 24.0 Å². The van der Waals surface area contributed by atoms with Gasteiger partial charge in [0.2, 0.25) is 0 Å². The highest BCUT2D eigenvalue weighted by Gasteiger charge is 2.19. The van der Waals surface area contributed by atoms with Gasteiger partial charge in [0.25, 0.3) is 0 Å². The molecule has 0 spiro atoms. The number of guanidine groups is 1. The summed E-state index contributed by atoms with van der Waals surface area (Å²) in [6.07, 6.45) is 3.40. The molecular formula is C21H35IN4O2. The van der Waals surface area contributed by atoms with Crippen LogP contribution in [-0.2, 0) is 9.47 Å². The number of halogens is 1. The second-order valence-electron chi connectivity index (χ2n) is 7.08. The van der Waals surface area contributed by atoms with Gasteiger partial charge in [0.05, 0.1) is 6.10 Å². The molecule has 2 saturated heterocycles. The molecule has 0 amide bonds. The number of piperazine rings is 1. The second-order valence-corrected chi connectivity index (χ2v) is 7.08. The van der Waals surface area contributed by atoms with E-state index in [2.05, 4.69) is 52.4 Å². The van der Waals surface area contributed by atoms with Crippen molar-refractivity contribution in [1.29, 1.82) is 0 Å². The summed E-state index contributed by atoms with van der Waals surface area (Å²) in [5.74, 6) is 1.04. The van der Waals surface area contributed by atoms with Crippen molar-refractivity contribution < 1.29 is 9.47 Å². The SMILES string of the molecule is CCNC(=NCCCOC1CCOCC1)N1CCN(c2ccccc2)CC1.I. The first kappa shape index (κ1) is 23.2. The monoisotopic (exact) mass is 502 g/mol. The van der Waals surface area contributed by atoms with E-state index in [1.807, 2.05) is 0 Å². The standard InChI is InChI=1S/C21H34N4O2.HI/c1-2-22-21(23-11-6-16-27-20-9-17-26-18-10-20)25-14-12-24(13-15-25)19-7-4-3-5-8-19;/h3-5,7-8,20H,2,6,9-18H2,1H3,(H,22,23);1H. The third kappa shape index (κ3) is 7.40. The van der Waals surface area contributed by atoms with Crippen molar-refractivity contribution in [2.45, 2.75) is 32.3 Å². The molecule has 0 atom stereocenters. The van der Waals surface area contributed by atoms with Crippen molar-refractivity contribution in [3.8, 4) is 0 Å². The molecule has 0 saturated carbocycles. The first-order valence-electron chi connectivity index (χ1n) is 10.4. The quantitative estimate of drug-likeness (QED) is 0.269. The van der Waals surface area contributed by atoms with Gasteiger partial charge in [-0.2, -0.15) is 0 Å². The smallest absolute Gasteiger partial charge is 0.194 e. The zero-order valence-electron chi connectivity index (χ0n) is 17.0. The van der Waals surface area contributed by atoms with E-state index in [1.54, 1.807) is 0 Å². The molecule has 1 N–H and O–H groups in total. The lowest BCUT2D eigenvalue weighted by molar-refractivity contribution is -0.0318. The van der Waals surface area contributed by atoms with Crippen LogP contribution >= 0.6 is 24.0 Å². The summed E-state index contributed by atoms with van der Waals surface area (Å²) in [6.45, 7) is 10.4. The fourth-order valence-corrected chi connectivity index (χ4v) is 3.58. The van der Waals surface area contributed by atoms with Gasteiger partial charge in [-0.05, 0) is 38.3 Å². The van der Waals surface area contributed by atoms with E-state index in [4.69, 9.17) is 14.5 Å². The Hall–Kier alpha value is -1.06. The van der Waals surface area contributed by atoms with E-state index in [0.29, 0.717) is 6.10 Å². The Kier molecular flexibility index (Phi) is 11.0. The van der Waals surface area contributed by atoms with Crippen LogP contribution in [0.1, 0.15) is 26.2 Å². The van der Waals surface area contributed by atoms with Crippen LogP contribution in [0.3, 0.4) is 0 Å². The molecule has 0 aliphatic carbocycles. The number of hydrogen-bond donors (Lipinski definition) is 1. The Bertz CT molecular complexity index is 559. The fraction of sp³-hybridized carbons (Fsp3) is 0.667. The van der Waals surface area contributed by atoms with Gasteiger partial charge >= 0.3 is 0 Å². The molecule has 1 aromatic rings. The first-order chi connectivity index (χ1) is 13.4. The van der Waals surface area contributed by atoms with E-state index in [0.717, 1.165) is 84.3 Å². The van der Waals surface area contributed by atoms with Crippen LogP contribution in [0.4, 0.5) is 5.69 Å². The van der Waals surface area contributed by atoms with Crippen LogP contribution in [0.2, 0.25) is 0 Å². The van der Waals surface area contributed by atoms with Crippen LogP contribution in [0.25, 0.3) is 0 Å². The van der Waals surface area contributed by atoms with Crippen molar-refractivity contribution in [3.05, 3.63) is 30.3 Å². The van der Waals surface area contributed by atoms with Gasteiger partial charge in [0.1, 0.15) is 0 Å². The number of benzene rings is 1. The molecule has 1 aromatic carbocycles. The number of anilines is 1. The summed E-state index contributed by atoms with van der Waals surface area (Å²) < 4.78 is 11.3. The molecule has 7 heteroatoms. The first-order valence-corrected chi connectivity index (χ1v) is 10.4. The number of nitrogens with one attached hydrogen (secondary N) is 1. The molecule has 0 radical (unpaired) electrons. The lowest BCUT2D eigenvalue weighted by Crippen LogP contribution is -2.52. The minimum atomic E-state index is 0. The van der Waals surface area contributed by atoms with Crippen LogP contribution in [-0.4, -0.2) is 76.1 Å². The molecule has 2 aliphatic heterocycles. The molecule has 3 rings (SSSR count). The maximum absolute atomic E-state index is 5.94. The van der Waals surface area contributed by atoms with Crippen LogP contribution < -0.4 is 10.2 Å². The maximum atomic E-state index is 5.94. The summed E-state index contributed by atoms with van der Waals surface area (Å²) in [5.41, 5.74) is 1.31. The fourth-order valence-electron chi connectivity index (χ4n) is 3.58. The Balaban J connectivity index is 0.00000280. The van der Waals surface area contributed by atoms with Gasteiger partial charge in [-0.1, -0.05) is 18.2 Å². The molecule has 28 heavy (non-hydrogen) atoms. The van der Waals surface area contributed by atoms with Gasteiger partial charge in [0.15, 0.2) is 5.96 Å². The lowest BCUT2D eigenvalue weighted by atomic mass is 10.1. The lowest BCUT2D eigenvalue weighted by Gasteiger charge is -2.37. The van der Waals surface area contributed by atoms with E-state index in [1.165, 1.54) is 5.69 Å². The number of hydrogen-bond acceptors (Lipinski definition) is 4. The topological polar surface area (TPSA) is 49.3 Å². The van der Waals surface area contributed by atoms with E-state index in [9.17, 15) is 0 Å². The minimum Gasteiger partial charge on any atom is -0.381 e. The third-order valence-electron chi connectivity index (χ3n) is 5.12. The average Bonchev–Trinajstić information content (AvgIpc) is 2.74. The number of aliphatic imine (C=N–C) groups is 1. The van der Waals surface area contributed by atoms with Crippen molar-refractivity contribution in [2.75, 3.05) is 64.0 Å². The highest BCUT2D eigenvalue weighted by atomic mass is 127. The third-order valence-corrected chi connectivity index (χ3v) is 5.12. The van der Waals surface area contributed by atoms with E-state index < -0.39 is 0 Å². The zero-order valence-corrected chi connectivity index (χ0v) is 19.3. The molecule has 2 heterocycles. The number of nitrogens with zero attached hydrogens (tertiary/aromatic N) is 3. The summed E-state index contributed by atoms with van der Waals surface area (Å²) in [7, 11) is 0. The number of ether oxygens (including phenoxy) is 2. The molecule has 6 nitrogen and oxygen atoms in total. The van der Waals surface area contributed by atoms with Crippen molar-refractivity contribution in [3.63, 3.8) is 0 Å². The van der Waals surface area contributed by atoms with Crippen LogP contribution in [0, 0.1) is 0 Å². The summed E-state index contributed by atoms with van der Waals surface area (Å²) >= 11 is 0. The van der Waals surface area contributed by atoms with Crippen molar-refractivity contribution in [2.24, 2.45) is 4.99 Å². The van der Waals surface area contributed by atoms with Gasteiger partial charge in [0, 0.05) is 64.8 Å². The maximum Gasteiger partial charge on any atom is 0.194 e. The van der Waals surface area contributed by atoms with Crippen molar-refractivity contribution >= 4 is 35.6 Å². The number of para-hydroxylation sites is 1.